The van der Waals surface area contributed by atoms with Gasteiger partial charge in [0.2, 0.25) is 0 Å². The second-order valence-corrected chi connectivity index (χ2v) is 6.47. The maximum atomic E-state index is 12.0. The van der Waals surface area contributed by atoms with Gasteiger partial charge in [-0.2, -0.15) is 0 Å². The van der Waals surface area contributed by atoms with Crippen LogP contribution >= 0.6 is 22.9 Å². The minimum atomic E-state index is -0.753. The van der Waals surface area contributed by atoms with E-state index in [-0.39, 0.29) is 27.6 Å². The summed E-state index contributed by atoms with van der Waals surface area (Å²) in [6.07, 6.45) is 0. The van der Waals surface area contributed by atoms with Crippen molar-refractivity contribution in [3.63, 3.8) is 0 Å². The van der Waals surface area contributed by atoms with Gasteiger partial charge < -0.3 is 24.7 Å². The standard InChI is InChI=1S/C17H16ClNO7S/c1-23-16(21)13-9(14(17(22)24-2)27-15(13)19)7-26-12(20)8-25-11-6-4-3-5-10(11)18/h3-6H,7-8,19H2,1-2H3. The Bertz CT molecular complexity index is 865. The number of para-hydroxylation sites is 1. The van der Waals surface area contributed by atoms with Crippen molar-refractivity contribution in [3.05, 3.63) is 45.3 Å². The van der Waals surface area contributed by atoms with Gasteiger partial charge >= 0.3 is 17.9 Å². The summed E-state index contributed by atoms with van der Waals surface area (Å²) < 4.78 is 19.7. The normalized spacial score (nSPS) is 10.2. The lowest BCUT2D eigenvalue weighted by atomic mass is 10.1. The molecule has 1 aromatic heterocycles. The average molecular weight is 414 g/mol. The van der Waals surface area contributed by atoms with Crippen molar-refractivity contribution < 1.29 is 33.3 Å². The van der Waals surface area contributed by atoms with Crippen molar-refractivity contribution in [1.29, 1.82) is 0 Å². The van der Waals surface area contributed by atoms with E-state index in [9.17, 15) is 14.4 Å². The van der Waals surface area contributed by atoms with Gasteiger partial charge in [-0.25, -0.2) is 14.4 Å². The molecule has 0 fully saturated rings. The maximum Gasteiger partial charge on any atom is 0.348 e. The first-order chi connectivity index (χ1) is 12.9. The monoisotopic (exact) mass is 413 g/mol. The van der Waals surface area contributed by atoms with E-state index < -0.39 is 24.5 Å². The second-order valence-electron chi connectivity index (χ2n) is 5.01. The van der Waals surface area contributed by atoms with Gasteiger partial charge in [0.05, 0.1) is 19.2 Å². The molecular formula is C17H16ClNO7S. The van der Waals surface area contributed by atoms with Crippen molar-refractivity contribution in [1.82, 2.24) is 0 Å². The van der Waals surface area contributed by atoms with Crippen molar-refractivity contribution in [2.45, 2.75) is 6.61 Å². The smallest absolute Gasteiger partial charge is 0.348 e. The van der Waals surface area contributed by atoms with Crippen LogP contribution in [0.4, 0.5) is 5.00 Å². The van der Waals surface area contributed by atoms with Gasteiger partial charge in [-0.05, 0) is 12.1 Å². The van der Waals surface area contributed by atoms with E-state index in [1.54, 1.807) is 24.3 Å². The van der Waals surface area contributed by atoms with E-state index in [4.69, 9.17) is 26.8 Å². The van der Waals surface area contributed by atoms with Crippen LogP contribution in [0.1, 0.15) is 25.6 Å². The lowest BCUT2D eigenvalue weighted by Crippen LogP contribution is -2.17. The third-order valence-corrected chi connectivity index (χ3v) is 4.71. The van der Waals surface area contributed by atoms with Crippen molar-refractivity contribution in [2.24, 2.45) is 0 Å². The number of ether oxygens (including phenoxy) is 4. The highest BCUT2D eigenvalue weighted by molar-refractivity contribution is 7.18. The van der Waals surface area contributed by atoms with Gasteiger partial charge in [-0.1, -0.05) is 23.7 Å². The Morgan fingerprint density at radius 3 is 2.41 bits per heavy atom. The van der Waals surface area contributed by atoms with Gasteiger partial charge in [0.25, 0.3) is 0 Å². The van der Waals surface area contributed by atoms with Crippen LogP contribution in [0.3, 0.4) is 0 Å². The molecular weight excluding hydrogens is 398 g/mol. The van der Waals surface area contributed by atoms with Gasteiger partial charge in [0.1, 0.15) is 27.8 Å². The number of carbonyl (C=O) groups is 3. The van der Waals surface area contributed by atoms with Crippen LogP contribution in [0.25, 0.3) is 0 Å². The molecule has 0 spiro atoms. The number of nitrogen functional groups attached to an aromatic ring is 1. The van der Waals surface area contributed by atoms with E-state index in [0.717, 1.165) is 11.3 Å². The fraction of sp³-hybridized carbons (Fsp3) is 0.235. The Kier molecular flexibility index (Phi) is 7.03. The summed E-state index contributed by atoms with van der Waals surface area (Å²) in [5.41, 5.74) is 5.87. The molecule has 2 rings (SSSR count). The predicted molar refractivity (Wildman–Crippen MR) is 98.2 cm³/mol. The summed E-state index contributed by atoms with van der Waals surface area (Å²) in [4.78, 5) is 35.9. The summed E-state index contributed by atoms with van der Waals surface area (Å²) >= 11 is 6.78. The highest BCUT2D eigenvalue weighted by Crippen LogP contribution is 2.33. The summed E-state index contributed by atoms with van der Waals surface area (Å²) in [7, 11) is 2.35. The molecule has 144 valence electrons. The van der Waals surface area contributed by atoms with E-state index >= 15 is 0 Å². The zero-order valence-electron chi connectivity index (χ0n) is 14.4. The minimum absolute atomic E-state index is 0.0391. The summed E-state index contributed by atoms with van der Waals surface area (Å²) in [5.74, 6) is -1.87. The van der Waals surface area contributed by atoms with E-state index in [1.165, 1.54) is 14.2 Å². The van der Waals surface area contributed by atoms with Crippen LogP contribution < -0.4 is 10.5 Å². The fourth-order valence-electron chi connectivity index (χ4n) is 2.10. The maximum absolute atomic E-state index is 12.0. The summed E-state index contributed by atoms with van der Waals surface area (Å²) in [5, 5.41) is 0.400. The third kappa shape index (κ3) is 4.89. The SMILES string of the molecule is COC(=O)c1sc(N)c(C(=O)OC)c1COC(=O)COc1ccccc1Cl. The van der Waals surface area contributed by atoms with Crippen LogP contribution in [0.5, 0.6) is 5.75 Å². The lowest BCUT2D eigenvalue weighted by molar-refractivity contribution is -0.147. The number of thiophene rings is 1. The molecule has 8 nitrogen and oxygen atoms in total. The molecule has 0 radical (unpaired) electrons. The molecule has 0 saturated carbocycles. The fourth-order valence-corrected chi connectivity index (χ4v) is 3.27. The first-order valence-corrected chi connectivity index (χ1v) is 8.69. The Labute approximate surface area is 163 Å². The largest absolute Gasteiger partial charge is 0.480 e. The molecule has 2 N–H and O–H groups in total. The van der Waals surface area contributed by atoms with Crippen molar-refractivity contribution in [2.75, 3.05) is 26.6 Å². The van der Waals surface area contributed by atoms with Crippen LogP contribution in [0.2, 0.25) is 5.02 Å². The molecule has 1 aromatic carbocycles. The number of hydrogen-bond donors (Lipinski definition) is 1. The number of hydrogen-bond acceptors (Lipinski definition) is 9. The van der Waals surface area contributed by atoms with Crippen LogP contribution in [0.15, 0.2) is 24.3 Å². The van der Waals surface area contributed by atoms with Crippen molar-refractivity contribution in [3.8, 4) is 5.75 Å². The minimum Gasteiger partial charge on any atom is -0.480 e. The van der Waals surface area contributed by atoms with Crippen LogP contribution in [-0.4, -0.2) is 38.7 Å². The van der Waals surface area contributed by atoms with Crippen LogP contribution in [-0.2, 0) is 25.6 Å². The molecule has 27 heavy (non-hydrogen) atoms. The quantitative estimate of drug-likeness (QED) is 0.544. The predicted octanol–water partition coefficient (Wildman–Crippen LogP) is 2.68. The Morgan fingerprint density at radius 1 is 1.11 bits per heavy atom. The lowest BCUT2D eigenvalue weighted by Gasteiger charge is -2.09. The highest BCUT2D eigenvalue weighted by Gasteiger charge is 2.28. The molecule has 0 amide bonds. The highest BCUT2D eigenvalue weighted by atomic mass is 35.5. The molecule has 0 aliphatic heterocycles. The average Bonchev–Trinajstić information content (AvgIpc) is 3.00. The first kappa shape index (κ1) is 20.5. The zero-order chi connectivity index (χ0) is 20.0. The van der Waals surface area contributed by atoms with E-state index in [0.29, 0.717) is 10.8 Å². The molecule has 0 aliphatic rings. The number of rotatable bonds is 7. The summed E-state index contributed by atoms with van der Waals surface area (Å²) in [6.45, 7) is -0.794. The molecule has 0 atom stereocenters. The number of esters is 3. The van der Waals surface area contributed by atoms with E-state index in [2.05, 4.69) is 9.47 Å². The number of carbonyl (C=O) groups excluding carboxylic acids is 3. The number of halogens is 1. The van der Waals surface area contributed by atoms with Crippen LogP contribution in [0, 0.1) is 0 Å². The Balaban J connectivity index is 2.11. The Morgan fingerprint density at radius 2 is 1.78 bits per heavy atom. The zero-order valence-corrected chi connectivity index (χ0v) is 16.0. The third-order valence-electron chi connectivity index (χ3n) is 3.35. The van der Waals surface area contributed by atoms with Gasteiger partial charge in [-0.15, -0.1) is 11.3 Å². The Hall–Kier alpha value is -2.78. The molecule has 10 heteroatoms. The molecule has 0 aliphatic carbocycles. The molecule has 0 saturated heterocycles. The number of methoxy groups -OCH3 is 2. The number of benzene rings is 1. The first-order valence-electron chi connectivity index (χ1n) is 7.49. The molecule has 2 aromatic rings. The number of nitrogens with two attached hydrogens (primary N) is 1. The topological polar surface area (TPSA) is 114 Å². The van der Waals surface area contributed by atoms with Gasteiger partial charge in [0, 0.05) is 5.56 Å². The van der Waals surface area contributed by atoms with Gasteiger partial charge in [-0.3, -0.25) is 0 Å². The van der Waals surface area contributed by atoms with Crippen molar-refractivity contribution >= 4 is 45.8 Å². The summed E-state index contributed by atoms with van der Waals surface area (Å²) in [6, 6.07) is 6.63. The molecule has 1 heterocycles. The second kappa shape index (κ2) is 9.24. The van der Waals surface area contributed by atoms with Gasteiger partial charge in [0.15, 0.2) is 6.61 Å². The number of anilines is 1. The molecule has 0 bridgehead atoms. The molecule has 0 unspecified atom stereocenters. The van der Waals surface area contributed by atoms with E-state index in [1.807, 2.05) is 0 Å².